The largest absolute Gasteiger partial charge is 0.383 e. The van der Waals surface area contributed by atoms with E-state index in [-0.39, 0.29) is 18.3 Å². The third-order valence-corrected chi connectivity index (χ3v) is 7.50. The summed E-state index contributed by atoms with van der Waals surface area (Å²) in [6.07, 6.45) is 2.08. The number of halogens is 1. The van der Waals surface area contributed by atoms with E-state index >= 15 is 0 Å². The van der Waals surface area contributed by atoms with E-state index in [1.807, 2.05) is 72.1 Å². The van der Waals surface area contributed by atoms with E-state index in [1.54, 1.807) is 23.1 Å². The summed E-state index contributed by atoms with van der Waals surface area (Å²) >= 11 is 3.29. The first-order chi connectivity index (χ1) is 16.6. The molecular formula is C27H25ClN4OS2. The van der Waals surface area contributed by atoms with E-state index in [9.17, 15) is 4.79 Å². The maximum absolute atomic E-state index is 12.5. The number of rotatable bonds is 7. The number of aryl methyl sites for hydroxylation is 1. The molecule has 1 aliphatic heterocycles. The lowest BCUT2D eigenvalue weighted by atomic mass is 10.1. The Morgan fingerprint density at radius 3 is 2.54 bits per heavy atom. The van der Waals surface area contributed by atoms with Crippen LogP contribution in [0.2, 0.25) is 0 Å². The Balaban J connectivity index is 0.00000289. The number of aliphatic imine (C=N–C) groups is 1. The molecule has 1 amide bonds. The van der Waals surface area contributed by atoms with Crippen molar-refractivity contribution in [2.45, 2.75) is 29.1 Å². The SMILES string of the molecule is Cl.NC(=Nc1ccc(CCCC(=O)Nc2ccc3c(c2)Sc2ccccc2N3)cc1)c1cccs1. The molecule has 0 fully saturated rings. The topological polar surface area (TPSA) is 79.5 Å². The second-order valence-corrected chi connectivity index (χ2v) is 10.0. The van der Waals surface area contributed by atoms with Gasteiger partial charge in [0.2, 0.25) is 5.91 Å². The molecule has 0 saturated carbocycles. The van der Waals surface area contributed by atoms with Crippen molar-refractivity contribution in [1.82, 2.24) is 0 Å². The second-order valence-electron chi connectivity index (χ2n) is 7.98. The number of benzene rings is 3. The molecule has 0 aliphatic carbocycles. The van der Waals surface area contributed by atoms with Crippen molar-refractivity contribution in [1.29, 1.82) is 0 Å². The molecule has 0 unspecified atom stereocenters. The molecule has 8 heteroatoms. The Kier molecular flexibility index (Phi) is 8.13. The van der Waals surface area contributed by atoms with Gasteiger partial charge in [-0.3, -0.25) is 4.79 Å². The number of hydrogen-bond acceptors (Lipinski definition) is 5. The maximum Gasteiger partial charge on any atom is 0.224 e. The fraction of sp³-hybridized carbons (Fsp3) is 0.111. The number of nitrogens with one attached hydrogen (secondary N) is 2. The lowest BCUT2D eigenvalue weighted by Gasteiger charge is -2.21. The van der Waals surface area contributed by atoms with Crippen molar-refractivity contribution in [3.05, 3.63) is 94.7 Å². The molecule has 0 saturated heterocycles. The van der Waals surface area contributed by atoms with Gasteiger partial charge in [-0.25, -0.2) is 4.99 Å². The Bertz CT molecular complexity index is 1340. The normalized spacial score (nSPS) is 12.1. The van der Waals surface area contributed by atoms with Gasteiger partial charge >= 0.3 is 0 Å². The van der Waals surface area contributed by atoms with Gasteiger partial charge in [0.15, 0.2) is 0 Å². The fourth-order valence-electron chi connectivity index (χ4n) is 3.74. The Hall–Kier alpha value is -3.26. The van der Waals surface area contributed by atoms with Gasteiger partial charge in [-0.15, -0.1) is 23.7 Å². The molecule has 0 spiro atoms. The summed E-state index contributed by atoms with van der Waals surface area (Å²) in [6, 6.07) is 26.2. The van der Waals surface area contributed by atoms with Crippen LogP contribution in [-0.4, -0.2) is 11.7 Å². The van der Waals surface area contributed by atoms with Crippen LogP contribution in [-0.2, 0) is 11.2 Å². The van der Waals surface area contributed by atoms with Crippen LogP contribution in [0, 0.1) is 0 Å². The Morgan fingerprint density at radius 1 is 0.943 bits per heavy atom. The number of para-hydroxylation sites is 1. The van der Waals surface area contributed by atoms with E-state index in [2.05, 4.69) is 27.8 Å². The number of amides is 1. The summed E-state index contributed by atoms with van der Waals surface area (Å²) in [5, 5.41) is 8.47. The third kappa shape index (κ3) is 6.25. The van der Waals surface area contributed by atoms with Crippen molar-refractivity contribution < 1.29 is 4.79 Å². The quantitative estimate of drug-likeness (QED) is 0.154. The summed E-state index contributed by atoms with van der Waals surface area (Å²) in [5.74, 6) is 0.555. The van der Waals surface area contributed by atoms with Gasteiger partial charge < -0.3 is 16.4 Å². The standard InChI is InChI=1S/C27H24N4OS2.ClH/c28-27(24-8-4-16-33-24)30-19-12-10-18(11-13-19)5-3-9-26(32)29-20-14-15-22-25(17-20)34-23-7-2-1-6-21(23)31-22;/h1-2,4,6-8,10-17,31H,3,5,9H2,(H2,28,30)(H,29,32);1H. The van der Waals surface area contributed by atoms with Gasteiger partial charge in [-0.05, 0) is 72.3 Å². The first-order valence-corrected chi connectivity index (χ1v) is 12.8. The van der Waals surface area contributed by atoms with E-state index in [4.69, 9.17) is 5.73 Å². The molecule has 1 aromatic heterocycles. The average Bonchev–Trinajstić information content (AvgIpc) is 3.39. The van der Waals surface area contributed by atoms with E-state index in [0.29, 0.717) is 12.3 Å². The highest BCUT2D eigenvalue weighted by molar-refractivity contribution is 7.99. The zero-order valence-corrected chi connectivity index (χ0v) is 21.3. The highest BCUT2D eigenvalue weighted by Crippen LogP contribution is 2.44. The number of fused-ring (bicyclic) bond motifs is 2. The van der Waals surface area contributed by atoms with Crippen LogP contribution in [0.5, 0.6) is 0 Å². The zero-order chi connectivity index (χ0) is 23.3. The van der Waals surface area contributed by atoms with Gasteiger partial charge in [0.1, 0.15) is 5.84 Å². The lowest BCUT2D eigenvalue weighted by molar-refractivity contribution is -0.116. The van der Waals surface area contributed by atoms with Crippen LogP contribution in [0.15, 0.2) is 99.0 Å². The highest BCUT2D eigenvalue weighted by Gasteiger charge is 2.16. The van der Waals surface area contributed by atoms with Crippen molar-refractivity contribution in [2.24, 2.45) is 10.7 Å². The number of carbonyl (C=O) groups is 1. The summed E-state index contributed by atoms with van der Waals surface area (Å²) in [4.78, 5) is 20.2. The van der Waals surface area contributed by atoms with Gasteiger partial charge in [-0.2, -0.15) is 0 Å². The van der Waals surface area contributed by atoms with Crippen molar-refractivity contribution in [2.75, 3.05) is 10.6 Å². The maximum atomic E-state index is 12.5. The van der Waals surface area contributed by atoms with Crippen molar-refractivity contribution in [3.63, 3.8) is 0 Å². The number of nitrogens with zero attached hydrogens (tertiary/aromatic N) is 1. The molecule has 0 bridgehead atoms. The summed E-state index contributed by atoms with van der Waals surface area (Å²) in [6.45, 7) is 0. The molecule has 2 heterocycles. The summed E-state index contributed by atoms with van der Waals surface area (Å²) < 4.78 is 0. The minimum Gasteiger partial charge on any atom is -0.383 e. The van der Waals surface area contributed by atoms with Gasteiger partial charge in [0.25, 0.3) is 0 Å². The predicted molar refractivity (Wildman–Crippen MR) is 150 cm³/mol. The number of hydrogen-bond donors (Lipinski definition) is 3. The smallest absolute Gasteiger partial charge is 0.224 e. The Labute approximate surface area is 219 Å². The number of carbonyl (C=O) groups excluding carboxylic acids is 1. The van der Waals surface area contributed by atoms with E-state index in [0.717, 1.165) is 45.4 Å². The monoisotopic (exact) mass is 520 g/mol. The molecule has 0 atom stereocenters. The molecule has 1 aliphatic rings. The highest BCUT2D eigenvalue weighted by atomic mass is 35.5. The third-order valence-electron chi connectivity index (χ3n) is 5.47. The minimum absolute atomic E-state index is 0. The molecule has 178 valence electrons. The molecule has 5 rings (SSSR count). The molecule has 4 N–H and O–H groups in total. The molecule has 4 aromatic rings. The van der Waals surface area contributed by atoms with E-state index in [1.165, 1.54) is 10.5 Å². The van der Waals surface area contributed by atoms with E-state index < -0.39 is 0 Å². The average molecular weight is 521 g/mol. The van der Waals surface area contributed by atoms with Crippen LogP contribution >= 0.6 is 35.5 Å². The van der Waals surface area contributed by atoms with Gasteiger partial charge in [0, 0.05) is 21.9 Å². The minimum atomic E-state index is 0. The number of amidine groups is 1. The number of thiophene rings is 1. The first-order valence-electron chi connectivity index (χ1n) is 11.1. The van der Waals surface area contributed by atoms with Gasteiger partial charge in [-0.1, -0.05) is 42.1 Å². The molecule has 0 radical (unpaired) electrons. The second kappa shape index (κ2) is 11.4. The fourth-order valence-corrected chi connectivity index (χ4v) is 5.40. The predicted octanol–water partition coefficient (Wildman–Crippen LogP) is 7.38. The Morgan fingerprint density at radius 2 is 1.74 bits per heavy atom. The molecular weight excluding hydrogens is 496 g/mol. The van der Waals surface area contributed by atoms with Crippen molar-refractivity contribution >= 4 is 70.0 Å². The molecule has 5 nitrogen and oxygen atoms in total. The molecule has 35 heavy (non-hydrogen) atoms. The van der Waals surface area contributed by atoms with Crippen LogP contribution in [0.4, 0.5) is 22.7 Å². The number of anilines is 3. The summed E-state index contributed by atoms with van der Waals surface area (Å²) in [5.41, 5.74) is 11.1. The van der Waals surface area contributed by atoms with Crippen LogP contribution < -0.4 is 16.4 Å². The molecule has 3 aromatic carbocycles. The van der Waals surface area contributed by atoms with Crippen LogP contribution in [0.25, 0.3) is 0 Å². The zero-order valence-electron chi connectivity index (χ0n) is 18.9. The first kappa shape index (κ1) is 24.9. The van der Waals surface area contributed by atoms with Crippen LogP contribution in [0.1, 0.15) is 23.3 Å². The van der Waals surface area contributed by atoms with Crippen molar-refractivity contribution in [3.8, 4) is 0 Å². The lowest BCUT2D eigenvalue weighted by Crippen LogP contribution is -2.12. The summed E-state index contributed by atoms with van der Waals surface area (Å²) in [7, 11) is 0. The van der Waals surface area contributed by atoms with Gasteiger partial charge in [0.05, 0.1) is 21.9 Å². The van der Waals surface area contributed by atoms with Crippen LogP contribution in [0.3, 0.4) is 0 Å². The number of nitrogens with two attached hydrogens (primary N) is 1.